The van der Waals surface area contributed by atoms with Gasteiger partial charge in [0.25, 0.3) is 0 Å². The maximum Gasteiger partial charge on any atom is 0.0387 e. The molecule has 0 fully saturated rings. The highest BCUT2D eigenvalue weighted by atomic mass is 32.2. The summed E-state index contributed by atoms with van der Waals surface area (Å²) in [5.74, 6) is 0.993. The quantitative estimate of drug-likeness (QED) is 0.862. The lowest BCUT2D eigenvalue weighted by Crippen LogP contribution is -2.14. The van der Waals surface area contributed by atoms with Crippen molar-refractivity contribution in [2.24, 2.45) is 5.73 Å². The molecule has 0 heterocycles. The van der Waals surface area contributed by atoms with E-state index in [2.05, 4.69) is 56.3 Å². The number of hydrogen-bond donors (Lipinski definition) is 1. The van der Waals surface area contributed by atoms with Crippen molar-refractivity contribution in [2.45, 2.75) is 31.6 Å². The van der Waals surface area contributed by atoms with Crippen LogP contribution in [0.3, 0.4) is 0 Å². The molecule has 2 aromatic carbocycles. The number of benzene rings is 2. The van der Waals surface area contributed by atoms with Crippen LogP contribution in [0.25, 0.3) is 10.8 Å². The summed E-state index contributed by atoms with van der Waals surface area (Å²) in [5, 5.41) is 3.25. The van der Waals surface area contributed by atoms with Gasteiger partial charge in [-0.15, -0.1) is 0 Å². The fourth-order valence-electron chi connectivity index (χ4n) is 1.92. The average molecular weight is 259 g/mol. The van der Waals surface area contributed by atoms with Crippen LogP contribution in [0, 0.1) is 0 Å². The van der Waals surface area contributed by atoms with Crippen molar-refractivity contribution in [1.29, 1.82) is 0 Å². The summed E-state index contributed by atoms with van der Waals surface area (Å²) in [7, 11) is 0. The molecular formula is C16H21NS. The van der Waals surface area contributed by atoms with Crippen molar-refractivity contribution >= 4 is 22.5 Å². The van der Waals surface area contributed by atoms with Gasteiger partial charge in [-0.1, -0.05) is 50.2 Å². The van der Waals surface area contributed by atoms with E-state index >= 15 is 0 Å². The van der Waals surface area contributed by atoms with Gasteiger partial charge in [-0.2, -0.15) is 11.8 Å². The Morgan fingerprint density at radius 1 is 1.11 bits per heavy atom. The molecule has 1 nitrogen and oxygen atoms in total. The summed E-state index contributed by atoms with van der Waals surface area (Å²) >= 11 is 1.96. The molecule has 2 N–H and O–H groups in total. The van der Waals surface area contributed by atoms with Crippen molar-refractivity contribution in [1.82, 2.24) is 0 Å². The summed E-state index contributed by atoms with van der Waals surface area (Å²) in [6, 6.07) is 15.1. The number of rotatable bonds is 5. The SMILES string of the molecule is CCC(C)SCC(N)c1ccc2ccccc2c1. The van der Waals surface area contributed by atoms with Crippen LogP contribution in [0.2, 0.25) is 0 Å². The molecule has 2 aromatic rings. The van der Waals surface area contributed by atoms with E-state index in [1.54, 1.807) is 0 Å². The third kappa shape index (κ3) is 3.27. The molecule has 0 amide bonds. The Labute approximate surface area is 114 Å². The molecule has 2 unspecified atom stereocenters. The minimum Gasteiger partial charge on any atom is -0.323 e. The molecule has 0 aliphatic rings. The molecule has 2 rings (SSSR count). The second-order valence-electron chi connectivity index (χ2n) is 4.77. The second kappa shape index (κ2) is 6.26. The molecule has 0 saturated carbocycles. The standard InChI is InChI=1S/C16H21NS/c1-3-12(2)18-11-16(17)15-9-8-13-6-4-5-7-14(13)10-15/h4-10,12,16H,3,11,17H2,1-2H3. The summed E-state index contributed by atoms with van der Waals surface area (Å²) in [5.41, 5.74) is 7.51. The van der Waals surface area contributed by atoms with E-state index in [1.807, 2.05) is 11.8 Å². The van der Waals surface area contributed by atoms with Crippen LogP contribution in [0.4, 0.5) is 0 Å². The Morgan fingerprint density at radius 3 is 2.56 bits per heavy atom. The largest absolute Gasteiger partial charge is 0.323 e. The van der Waals surface area contributed by atoms with Gasteiger partial charge in [0, 0.05) is 17.0 Å². The Bertz CT molecular complexity index is 509. The molecule has 18 heavy (non-hydrogen) atoms. The summed E-state index contributed by atoms with van der Waals surface area (Å²) < 4.78 is 0. The zero-order chi connectivity index (χ0) is 13.0. The predicted octanol–water partition coefficient (Wildman–Crippen LogP) is 4.37. The van der Waals surface area contributed by atoms with Crippen LogP contribution in [0.1, 0.15) is 31.9 Å². The van der Waals surface area contributed by atoms with Crippen LogP contribution in [0.5, 0.6) is 0 Å². The third-order valence-corrected chi connectivity index (χ3v) is 4.79. The molecule has 0 aromatic heterocycles. The van der Waals surface area contributed by atoms with Gasteiger partial charge in [0.1, 0.15) is 0 Å². The molecule has 2 heteroatoms. The van der Waals surface area contributed by atoms with Gasteiger partial charge < -0.3 is 5.73 Å². The molecule has 0 aliphatic heterocycles. The van der Waals surface area contributed by atoms with Gasteiger partial charge in [-0.3, -0.25) is 0 Å². The van der Waals surface area contributed by atoms with E-state index in [0.717, 1.165) is 5.75 Å². The Morgan fingerprint density at radius 2 is 1.83 bits per heavy atom. The first-order valence-electron chi connectivity index (χ1n) is 6.56. The van der Waals surface area contributed by atoms with Gasteiger partial charge in [-0.05, 0) is 28.8 Å². The van der Waals surface area contributed by atoms with Crippen LogP contribution in [-0.2, 0) is 0 Å². The first-order valence-corrected chi connectivity index (χ1v) is 7.61. The molecule has 0 bridgehead atoms. The van der Waals surface area contributed by atoms with Gasteiger partial charge >= 0.3 is 0 Å². The molecule has 0 saturated heterocycles. The second-order valence-corrected chi connectivity index (χ2v) is 6.24. The molecule has 96 valence electrons. The zero-order valence-corrected chi connectivity index (χ0v) is 11.9. The van der Waals surface area contributed by atoms with E-state index in [9.17, 15) is 0 Å². The smallest absolute Gasteiger partial charge is 0.0387 e. The van der Waals surface area contributed by atoms with Crippen LogP contribution in [0.15, 0.2) is 42.5 Å². The van der Waals surface area contributed by atoms with E-state index in [0.29, 0.717) is 5.25 Å². The maximum absolute atomic E-state index is 6.27. The Kier molecular flexibility index (Phi) is 4.67. The van der Waals surface area contributed by atoms with Crippen LogP contribution >= 0.6 is 11.8 Å². The van der Waals surface area contributed by atoms with Crippen molar-refractivity contribution in [3.8, 4) is 0 Å². The van der Waals surface area contributed by atoms with Crippen molar-refractivity contribution in [3.05, 3.63) is 48.0 Å². The van der Waals surface area contributed by atoms with Crippen LogP contribution < -0.4 is 5.73 Å². The van der Waals surface area contributed by atoms with Gasteiger partial charge in [-0.25, -0.2) is 0 Å². The average Bonchev–Trinajstić information content (AvgIpc) is 2.43. The normalized spacial score (nSPS) is 14.6. The van der Waals surface area contributed by atoms with E-state index in [4.69, 9.17) is 5.73 Å². The monoisotopic (exact) mass is 259 g/mol. The van der Waals surface area contributed by atoms with Gasteiger partial charge in [0.2, 0.25) is 0 Å². The lowest BCUT2D eigenvalue weighted by Gasteiger charge is -2.15. The number of nitrogens with two attached hydrogens (primary N) is 1. The highest BCUT2D eigenvalue weighted by Gasteiger charge is 2.08. The number of hydrogen-bond acceptors (Lipinski definition) is 2. The topological polar surface area (TPSA) is 26.0 Å². The molecule has 2 atom stereocenters. The molecular weight excluding hydrogens is 238 g/mol. The van der Waals surface area contributed by atoms with Crippen molar-refractivity contribution < 1.29 is 0 Å². The minimum atomic E-state index is 0.133. The fourth-order valence-corrected chi connectivity index (χ4v) is 2.88. The summed E-state index contributed by atoms with van der Waals surface area (Å²) in [4.78, 5) is 0. The number of thioether (sulfide) groups is 1. The molecule has 0 radical (unpaired) electrons. The lowest BCUT2D eigenvalue weighted by molar-refractivity contribution is 0.822. The van der Waals surface area contributed by atoms with E-state index in [-0.39, 0.29) is 6.04 Å². The van der Waals surface area contributed by atoms with Crippen LogP contribution in [-0.4, -0.2) is 11.0 Å². The third-order valence-electron chi connectivity index (χ3n) is 3.34. The fraction of sp³-hybridized carbons (Fsp3) is 0.375. The Hall–Kier alpha value is -0.990. The summed E-state index contributed by atoms with van der Waals surface area (Å²) in [6.07, 6.45) is 1.20. The van der Waals surface area contributed by atoms with Crippen molar-refractivity contribution in [2.75, 3.05) is 5.75 Å². The van der Waals surface area contributed by atoms with Crippen molar-refractivity contribution in [3.63, 3.8) is 0 Å². The predicted molar refractivity (Wildman–Crippen MR) is 83.1 cm³/mol. The highest BCUT2D eigenvalue weighted by molar-refractivity contribution is 7.99. The minimum absolute atomic E-state index is 0.133. The maximum atomic E-state index is 6.27. The van der Waals surface area contributed by atoms with Gasteiger partial charge in [0.15, 0.2) is 0 Å². The van der Waals surface area contributed by atoms with E-state index < -0.39 is 0 Å². The molecule has 0 spiro atoms. The Balaban J connectivity index is 2.10. The molecule has 0 aliphatic carbocycles. The van der Waals surface area contributed by atoms with Gasteiger partial charge in [0.05, 0.1) is 0 Å². The number of fused-ring (bicyclic) bond motifs is 1. The first kappa shape index (κ1) is 13.4. The highest BCUT2D eigenvalue weighted by Crippen LogP contribution is 2.24. The van der Waals surface area contributed by atoms with E-state index in [1.165, 1.54) is 22.8 Å². The first-order chi connectivity index (χ1) is 8.70. The lowest BCUT2D eigenvalue weighted by atomic mass is 10.0. The summed E-state index contributed by atoms with van der Waals surface area (Å²) in [6.45, 7) is 4.48. The zero-order valence-electron chi connectivity index (χ0n) is 11.1.